The molecule has 1 heterocycles. The molecule has 1 atom stereocenters. The molecule has 21 heavy (non-hydrogen) atoms. The fraction of sp³-hybridized carbons (Fsp3) is 0.500. The molecule has 7 nitrogen and oxygen atoms in total. The zero-order chi connectivity index (χ0) is 15.4. The second-order valence-electron chi connectivity index (χ2n) is 5.23. The third-order valence-corrected chi connectivity index (χ3v) is 3.85. The van der Waals surface area contributed by atoms with E-state index in [0.29, 0.717) is 23.7 Å². The second kappa shape index (κ2) is 6.53. The molecule has 1 aromatic carbocycles. The summed E-state index contributed by atoms with van der Waals surface area (Å²) in [5, 5.41) is 13.8. The third kappa shape index (κ3) is 3.30. The number of nitrogens with two attached hydrogens (primary N) is 1. The summed E-state index contributed by atoms with van der Waals surface area (Å²) in [6.45, 7) is 2.08. The van der Waals surface area contributed by atoms with Gasteiger partial charge in [-0.2, -0.15) is 0 Å². The topological polar surface area (TPSA) is 102 Å². The Hall–Kier alpha value is -2.15. The highest BCUT2D eigenvalue weighted by atomic mass is 16.6. The predicted octanol–water partition coefficient (Wildman–Crippen LogP) is 1.13. The number of rotatable bonds is 4. The van der Waals surface area contributed by atoms with E-state index in [2.05, 4.69) is 5.32 Å². The lowest BCUT2D eigenvalue weighted by Gasteiger charge is -2.33. The fourth-order valence-corrected chi connectivity index (χ4v) is 2.70. The molecule has 114 valence electrons. The van der Waals surface area contributed by atoms with Gasteiger partial charge < -0.3 is 16.0 Å². The van der Waals surface area contributed by atoms with Gasteiger partial charge in [0.15, 0.2) is 0 Å². The maximum Gasteiger partial charge on any atom is 0.293 e. The van der Waals surface area contributed by atoms with E-state index in [1.165, 1.54) is 13.1 Å². The average Bonchev–Trinajstić information content (AvgIpc) is 2.53. The van der Waals surface area contributed by atoms with Gasteiger partial charge in [-0.25, -0.2) is 0 Å². The van der Waals surface area contributed by atoms with Crippen LogP contribution in [0.2, 0.25) is 0 Å². The maximum absolute atomic E-state index is 11.6. The molecule has 0 aromatic heterocycles. The Kier molecular flexibility index (Phi) is 4.74. The van der Waals surface area contributed by atoms with Crippen molar-refractivity contribution >= 4 is 17.3 Å². The number of nitro groups is 1. The summed E-state index contributed by atoms with van der Waals surface area (Å²) in [5.41, 5.74) is 6.53. The molecule has 1 saturated heterocycles. The summed E-state index contributed by atoms with van der Waals surface area (Å²) >= 11 is 0. The van der Waals surface area contributed by atoms with E-state index in [9.17, 15) is 14.9 Å². The van der Waals surface area contributed by atoms with Gasteiger partial charge in [0.1, 0.15) is 5.69 Å². The largest absolute Gasteiger partial charge is 0.366 e. The Labute approximate surface area is 123 Å². The molecule has 1 fully saturated rings. The zero-order valence-corrected chi connectivity index (χ0v) is 12.0. The van der Waals surface area contributed by atoms with Crippen molar-refractivity contribution in [1.29, 1.82) is 0 Å². The molecule has 0 spiro atoms. The first kappa shape index (κ1) is 15.2. The van der Waals surface area contributed by atoms with Crippen LogP contribution in [-0.4, -0.2) is 37.5 Å². The first-order chi connectivity index (χ1) is 10.1. The summed E-state index contributed by atoms with van der Waals surface area (Å²) in [7, 11) is 1.50. The van der Waals surface area contributed by atoms with Crippen molar-refractivity contribution in [3.63, 3.8) is 0 Å². The van der Waals surface area contributed by atoms with Crippen LogP contribution in [0, 0.1) is 16.0 Å². The maximum atomic E-state index is 11.6. The Morgan fingerprint density at radius 3 is 2.95 bits per heavy atom. The number of nitrogens with one attached hydrogen (secondary N) is 1. The van der Waals surface area contributed by atoms with E-state index in [4.69, 9.17) is 5.73 Å². The number of benzene rings is 1. The van der Waals surface area contributed by atoms with E-state index in [1.54, 1.807) is 12.1 Å². The van der Waals surface area contributed by atoms with Crippen LogP contribution >= 0.6 is 0 Å². The van der Waals surface area contributed by atoms with E-state index in [0.717, 1.165) is 25.9 Å². The van der Waals surface area contributed by atoms with Gasteiger partial charge in [0.25, 0.3) is 11.6 Å². The monoisotopic (exact) mass is 292 g/mol. The van der Waals surface area contributed by atoms with E-state index in [-0.39, 0.29) is 11.6 Å². The second-order valence-corrected chi connectivity index (χ2v) is 5.23. The van der Waals surface area contributed by atoms with Gasteiger partial charge in [0.05, 0.1) is 4.92 Å². The fourth-order valence-electron chi connectivity index (χ4n) is 2.70. The van der Waals surface area contributed by atoms with Crippen LogP contribution in [0.1, 0.15) is 23.2 Å². The molecule has 1 unspecified atom stereocenters. The summed E-state index contributed by atoms with van der Waals surface area (Å²) in [5.74, 6) is 0.0279. The quantitative estimate of drug-likeness (QED) is 0.640. The number of carbonyl (C=O) groups excluding carboxylic acids is 1. The van der Waals surface area contributed by atoms with Crippen LogP contribution in [0.3, 0.4) is 0 Å². The minimum Gasteiger partial charge on any atom is -0.366 e. The Morgan fingerprint density at radius 1 is 1.57 bits per heavy atom. The van der Waals surface area contributed by atoms with Crippen LogP contribution in [0.4, 0.5) is 11.4 Å². The van der Waals surface area contributed by atoms with Crippen molar-refractivity contribution < 1.29 is 9.72 Å². The third-order valence-electron chi connectivity index (χ3n) is 3.85. The van der Waals surface area contributed by atoms with Gasteiger partial charge in [-0.1, -0.05) is 0 Å². The lowest BCUT2D eigenvalue weighted by Crippen LogP contribution is -2.38. The van der Waals surface area contributed by atoms with Crippen LogP contribution < -0.4 is 16.0 Å². The molecule has 2 rings (SSSR count). The smallest absolute Gasteiger partial charge is 0.293 e. The molecule has 0 bridgehead atoms. The Morgan fingerprint density at radius 2 is 2.33 bits per heavy atom. The van der Waals surface area contributed by atoms with Crippen molar-refractivity contribution in [2.75, 3.05) is 31.6 Å². The van der Waals surface area contributed by atoms with Crippen molar-refractivity contribution in [3.8, 4) is 0 Å². The molecule has 1 aliphatic heterocycles. The summed E-state index contributed by atoms with van der Waals surface area (Å²) in [6.07, 6.45) is 2.02. The summed E-state index contributed by atoms with van der Waals surface area (Å²) < 4.78 is 0. The van der Waals surface area contributed by atoms with Crippen molar-refractivity contribution in [1.82, 2.24) is 5.32 Å². The van der Waals surface area contributed by atoms with Crippen molar-refractivity contribution in [2.24, 2.45) is 11.7 Å². The van der Waals surface area contributed by atoms with Crippen LogP contribution in [0.25, 0.3) is 0 Å². The highest BCUT2D eigenvalue weighted by Crippen LogP contribution is 2.32. The van der Waals surface area contributed by atoms with Gasteiger partial charge in [-0.15, -0.1) is 0 Å². The number of hydrogen-bond donors (Lipinski definition) is 2. The molecule has 0 aliphatic carbocycles. The standard InChI is InChI=1S/C14H20N4O3/c1-16-14(19)11-4-5-12(13(7-11)18(20)21)17-6-2-3-10(8-15)9-17/h4-5,7,10H,2-3,6,8-9,15H2,1H3,(H,16,19). The van der Waals surface area contributed by atoms with Crippen LogP contribution in [-0.2, 0) is 0 Å². The van der Waals surface area contributed by atoms with Crippen molar-refractivity contribution in [2.45, 2.75) is 12.8 Å². The summed E-state index contributed by atoms with van der Waals surface area (Å²) in [4.78, 5) is 24.5. The van der Waals surface area contributed by atoms with Gasteiger partial charge in [0.2, 0.25) is 0 Å². The van der Waals surface area contributed by atoms with Gasteiger partial charge >= 0.3 is 0 Å². The van der Waals surface area contributed by atoms with Gasteiger partial charge in [-0.3, -0.25) is 14.9 Å². The summed E-state index contributed by atoms with van der Waals surface area (Å²) in [6, 6.07) is 4.61. The molecule has 7 heteroatoms. The van der Waals surface area contributed by atoms with Gasteiger partial charge in [-0.05, 0) is 37.4 Å². The van der Waals surface area contributed by atoms with Gasteiger partial charge in [0, 0.05) is 31.8 Å². The number of anilines is 1. The highest BCUT2D eigenvalue weighted by Gasteiger charge is 2.25. The van der Waals surface area contributed by atoms with E-state index < -0.39 is 4.92 Å². The number of carbonyl (C=O) groups is 1. The lowest BCUT2D eigenvalue weighted by molar-refractivity contribution is -0.384. The molecule has 1 aliphatic rings. The number of nitro benzene ring substituents is 1. The number of piperidine rings is 1. The zero-order valence-electron chi connectivity index (χ0n) is 12.0. The number of hydrogen-bond acceptors (Lipinski definition) is 5. The number of amides is 1. The predicted molar refractivity (Wildman–Crippen MR) is 80.5 cm³/mol. The minimum absolute atomic E-state index is 0.0335. The lowest BCUT2D eigenvalue weighted by atomic mass is 9.97. The Bertz CT molecular complexity index is 547. The SMILES string of the molecule is CNC(=O)c1ccc(N2CCCC(CN)C2)c([N+](=O)[O-])c1. The van der Waals surface area contributed by atoms with E-state index >= 15 is 0 Å². The molecule has 0 saturated carbocycles. The van der Waals surface area contributed by atoms with Crippen molar-refractivity contribution in [3.05, 3.63) is 33.9 Å². The average molecular weight is 292 g/mol. The number of nitrogens with zero attached hydrogens (tertiary/aromatic N) is 2. The normalized spacial score (nSPS) is 18.4. The molecular formula is C14H20N4O3. The molecule has 0 radical (unpaired) electrons. The van der Waals surface area contributed by atoms with E-state index in [1.807, 2.05) is 4.90 Å². The first-order valence-electron chi connectivity index (χ1n) is 7.02. The first-order valence-corrected chi connectivity index (χ1v) is 7.02. The highest BCUT2D eigenvalue weighted by molar-refractivity contribution is 5.95. The molecule has 1 amide bonds. The Balaban J connectivity index is 2.34. The van der Waals surface area contributed by atoms with Crippen LogP contribution in [0.15, 0.2) is 18.2 Å². The molecule has 1 aromatic rings. The minimum atomic E-state index is -0.437. The molecular weight excluding hydrogens is 272 g/mol. The molecule has 3 N–H and O–H groups in total. The van der Waals surface area contributed by atoms with Crippen LogP contribution in [0.5, 0.6) is 0 Å².